The minimum Gasteiger partial charge on any atom is -0.307 e. The first kappa shape index (κ1) is 12.9. The van der Waals surface area contributed by atoms with Gasteiger partial charge in [0.15, 0.2) is 0 Å². The predicted molar refractivity (Wildman–Crippen MR) is 74.4 cm³/mol. The highest BCUT2D eigenvalue weighted by molar-refractivity contribution is 6.30. The van der Waals surface area contributed by atoms with Crippen LogP contribution >= 0.6 is 11.6 Å². The molecule has 0 saturated heterocycles. The standard InChI is InChI=1S/C15H22ClN/c1-10(2)13-8-15(9-13)17-11(3)12-4-6-14(16)7-5-12/h4-7,10-11,13,15,17H,8-9H2,1-3H3/t11-,13?,15?/m1/s1. The van der Waals surface area contributed by atoms with Crippen LogP contribution < -0.4 is 5.32 Å². The van der Waals surface area contributed by atoms with Crippen LogP contribution in [0.4, 0.5) is 0 Å². The fraction of sp³-hybridized carbons (Fsp3) is 0.600. The van der Waals surface area contributed by atoms with E-state index in [2.05, 4.69) is 38.2 Å². The van der Waals surface area contributed by atoms with Crippen molar-refractivity contribution in [3.63, 3.8) is 0 Å². The van der Waals surface area contributed by atoms with Gasteiger partial charge in [0.2, 0.25) is 0 Å². The Morgan fingerprint density at radius 2 is 1.71 bits per heavy atom. The van der Waals surface area contributed by atoms with Crippen LogP contribution in [0.25, 0.3) is 0 Å². The Balaban J connectivity index is 1.82. The molecule has 2 rings (SSSR count). The van der Waals surface area contributed by atoms with Crippen molar-refractivity contribution in [1.29, 1.82) is 0 Å². The molecule has 1 aliphatic carbocycles. The largest absolute Gasteiger partial charge is 0.307 e. The molecule has 0 amide bonds. The Hall–Kier alpha value is -0.530. The average molecular weight is 252 g/mol. The maximum Gasteiger partial charge on any atom is 0.0406 e. The normalized spacial score (nSPS) is 25.7. The Bertz CT molecular complexity index is 352. The first-order chi connectivity index (χ1) is 8.06. The Labute approximate surface area is 110 Å². The van der Waals surface area contributed by atoms with Gasteiger partial charge in [0.1, 0.15) is 0 Å². The third-order valence-electron chi connectivity index (χ3n) is 3.97. The lowest BCUT2D eigenvalue weighted by Gasteiger charge is -2.40. The van der Waals surface area contributed by atoms with E-state index in [4.69, 9.17) is 11.6 Å². The van der Waals surface area contributed by atoms with E-state index in [1.807, 2.05) is 12.1 Å². The number of halogens is 1. The fourth-order valence-electron chi connectivity index (χ4n) is 2.54. The van der Waals surface area contributed by atoms with Gasteiger partial charge in [-0.1, -0.05) is 37.6 Å². The van der Waals surface area contributed by atoms with Crippen LogP contribution in [-0.2, 0) is 0 Å². The second kappa shape index (κ2) is 5.41. The highest BCUT2D eigenvalue weighted by Gasteiger charge is 2.31. The monoisotopic (exact) mass is 251 g/mol. The Morgan fingerprint density at radius 3 is 2.24 bits per heavy atom. The molecule has 1 aliphatic rings. The molecule has 1 fully saturated rings. The van der Waals surface area contributed by atoms with Gasteiger partial charge in [-0.25, -0.2) is 0 Å². The zero-order valence-corrected chi connectivity index (χ0v) is 11.7. The summed E-state index contributed by atoms with van der Waals surface area (Å²) in [6, 6.07) is 9.27. The topological polar surface area (TPSA) is 12.0 Å². The lowest BCUT2D eigenvalue weighted by Crippen LogP contribution is -2.43. The minimum absolute atomic E-state index is 0.422. The van der Waals surface area contributed by atoms with Gasteiger partial charge in [0.25, 0.3) is 0 Å². The first-order valence-corrected chi connectivity index (χ1v) is 6.95. The number of benzene rings is 1. The van der Waals surface area contributed by atoms with Crippen molar-refractivity contribution in [2.75, 3.05) is 0 Å². The third kappa shape index (κ3) is 3.23. The van der Waals surface area contributed by atoms with Crippen molar-refractivity contribution in [1.82, 2.24) is 5.32 Å². The molecule has 1 aromatic carbocycles. The third-order valence-corrected chi connectivity index (χ3v) is 4.23. The van der Waals surface area contributed by atoms with Crippen molar-refractivity contribution in [3.05, 3.63) is 34.9 Å². The predicted octanol–water partition coefficient (Wildman–Crippen LogP) is 4.43. The highest BCUT2D eigenvalue weighted by Crippen LogP contribution is 2.34. The molecule has 0 spiro atoms. The summed E-state index contributed by atoms with van der Waals surface area (Å²) in [5.41, 5.74) is 1.32. The molecule has 0 aromatic heterocycles. The van der Waals surface area contributed by atoms with Gasteiger partial charge in [-0.2, -0.15) is 0 Å². The van der Waals surface area contributed by atoms with Gasteiger partial charge in [-0.15, -0.1) is 0 Å². The second-order valence-electron chi connectivity index (χ2n) is 5.61. The molecule has 1 saturated carbocycles. The quantitative estimate of drug-likeness (QED) is 0.835. The second-order valence-corrected chi connectivity index (χ2v) is 6.05. The molecule has 0 unspecified atom stereocenters. The summed E-state index contributed by atoms with van der Waals surface area (Å²) in [7, 11) is 0. The number of rotatable bonds is 4. The van der Waals surface area contributed by atoms with E-state index in [0.29, 0.717) is 12.1 Å². The summed E-state index contributed by atoms with van der Waals surface area (Å²) < 4.78 is 0. The number of hydrogen-bond donors (Lipinski definition) is 1. The molecule has 2 heteroatoms. The molecule has 0 radical (unpaired) electrons. The average Bonchev–Trinajstić information content (AvgIpc) is 2.23. The summed E-state index contributed by atoms with van der Waals surface area (Å²) in [5.74, 6) is 1.75. The molecule has 0 aliphatic heterocycles. The van der Waals surface area contributed by atoms with E-state index in [1.54, 1.807) is 0 Å². The smallest absolute Gasteiger partial charge is 0.0406 e. The summed E-state index contributed by atoms with van der Waals surface area (Å²) >= 11 is 5.89. The van der Waals surface area contributed by atoms with Gasteiger partial charge in [0.05, 0.1) is 0 Å². The maximum absolute atomic E-state index is 5.89. The number of hydrogen-bond acceptors (Lipinski definition) is 1. The van der Waals surface area contributed by atoms with Crippen LogP contribution in [0.1, 0.15) is 45.2 Å². The van der Waals surface area contributed by atoms with Crippen LogP contribution in [-0.4, -0.2) is 6.04 Å². The van der Waals surface area contributed by atoms with E-state index >= 15 is 0 Å². The van der Waals surface area contributed by atoms with Gasteiger partial charge in [-0.3, -0.25) is 0 Å². The van der Waals surface area contributed by atoms with Gasteiger partial charge in [-0.05, 0) is 49.3 Å². The summed E-state index contributed by atoms with van der Waals surface area (Å²) in [6.45, 7) is 6.87. The van der Waals surface area contributed by atoms with E-state index in [0.717, 1.165) is 16.9 Å². The van der Waals surface area contributed by atoms with Gasteiger partial charge >= 0.3 is 0 Å². The van der Waals surface area contributed by atoms with Crippen molar-refractivity contribution in [2.24, 2.45) is 11.8 Å². The van der Waals surface area contributed by atoms with Crippen LogP contribution in [0.2, 0.25) is 5.02 Å². The zero-order valence-electron chi connectivity index (χ0n) is 10.9. The summed E-state index contributed by atoms with van der Waals surface area (Å²) in [5, 5.41) is 4.50. The van der Waals surface area contributed by atoms with E-state index in [9.17, 15) is 0 Å². The van der Waals surface area contributed by atoms with Crippen LogP contribution in [0.3, 0.4) is 0 Å². The van der Waals surface area contributed by atoms with Crippen LogP contribution in [0.15, 0.2) is 24.3 Å². The molecule has 1 nitrogen and oxygen atoms in total. The molecule has 0 bridgehead atoms. The van der Waals surface area contributed by atoms with Crippen molar-refractivity contribution in [2.45, 2.75) is 45.7 Å². The number of nitrogens with one attached hydrogen (secondary N) is 1. The SMILES string of the molecule is CC(C)C1CC(N[C@H](C)c2ccc(Cl)cc2)C1. The molecule has 94 valence electrons. The minimum atomic E-state index is 0.422. The lowest BCUT2D eigenvalue weighted by atomic mass is 9.73. The van der Waals surface area contributed by atoms with Crippen LogP contribution in [0.5, 0.6) is 0 Å². The molecule has 1 N–H and O–H groups in total. The maximum atomic E-state index is 5.89. The summed E-state index contributed by atoms with van der Waals surface area (Å²) in [4.78, 5) is 0. The van der Waals surface area contributed by atoms with E-state index < -0.39 is 0 Å². The highest BCUT2D eigenvalue weighted by atomic mass is 35.5. The fourth-order valence-corrected chi connectivity index (χ4v) is 2.67. The van der Waals surface area contributed by atoms with E-state index in [1.165, 1.54) is 18.4 Å². The van der Waals surface area contributed by atoms with Crippen molar-refractivity contribution in [3.8, 4) is 0 Å². The lowest BCUT2D eigenvalue weighted by molar-refractivity contribution is 0.159. The Kier molecular flexibility index (Phi) is 4.11. The zero-order chi connectivity index (χ0) is 12.4. The molecule has 1 aromatic rings. The molecule has 0 heterocycles. The molecule has 1 atom stereocenters. The summed E-state index contributed by atoms with van der Waals surface area (Å²) in [6.07, 6.45) is 2.66. The first-order valence-electron chi connectivity index (χ1n) is 6.57. The van der Waals surface area contributed by atoms with E-state index in [-0.39, 0.29) is 0 Å². The molecule has 17 heavy (non-hydrogen) atoms. The molecular formula is C15H22ClN. The Morgan fingerprint density at radius 1 is 1.12 bits per heavy atom. The van der Waals surface area contributed by atoms with Crippen molar-refractivity contribution < 1.29 is 0 Å². The van der Waals surface area contributed by atoms with Crippen LogP contribution in [0, 0.1) is 11.8 Å². The van der Waals surface area contributed by atoms with Crippen molar-refractivity contribution >= 4 is 11.6 Å². The van der Waals surface area contributed by atoms with Gasteiger partial charge in [0, 0.05) is 17.1 Å². The molecular weight excluding hydrogens is 230 g/mol. The van der Waals surface area contributed by atoms with Gasteiger partial charge < -0.3 is 5.32 Å².